The van der Waals surface area contributed by atoms with Crippen LogP contribution in [0.2, 0.25) is 0 Å². The summed E-state index contributed by atoms with van der Waals surface area (Å²) in [5.41, 5.74) is 2.27. The van der Waals surface area contributed by atoms with Gasteiger partial charge >= 0.3 is 0 Å². The number of hydrogen-bond donors (Lipinski definition) is 0. The maximum atomic E-state index is 11.9. The first-order valence-electron chi connectivity index (χ1n) is 6.34. The average Bonchev–Trinajstić information content (AvgIpc) is 2.28. The fraction of sp³-hybridized carbons (Fsp3) is 0.533. The Balaban J connectivity index is 2.12. The van der Waals surface area contributed by atoms with Crippen LogP contribution in [0.15, 0.2) is 24.3 Å². The van der Waals surface area contributed by atoms with Gasteiger partial charge in [0.1, 0.15) is 0 Å². The highest BCUT2D eigenvalue weighted by atomic mass is 16.1. The number of piperidine rings is 1. The Kier molecular flexibility index (Phi) is 3.34. The molecule has 92 valence electrons. The van der Waals surface area contributed by atoms with Crippen molar-refractivity contribution in [2.24, 2.45) is 0 Å². The molecule has 0 amide bonds. The highest BCUT2D eigenvalue weighted by molar-refractivity contribution is 5.88. The lowest BCUT2D eigenvalue weighted by Gasteiger charge is -2.41. The Morgan fingerprint density at radius 3 is 2.53 bits per heavy atom. The Bertz CT molecular complexity index is 405. The summed E-state index contributed by atoms with van der Waals surface area (Å²) in [6.45, 7) is 8.08. The van der Waals surface area contributed by atoms with Crippen LogP contribution in [0.4, 0.5) is 0 Å². The summed E-state index contributed by atoms with van der Waals surface area (Å²) in [6.07, 6.45) is 1.73. The molecule has 1 heterocycles. The number of aryl methyl sites for hydroxylation is 1. The molecule has 0 spiro atoms. The third-order valence-electron chi connectivity index (χ3n) is 3.80. The van der Waals surface area contributed by atoms with Gasteiger partial charge in [0.15, 0.2) is 5.78 Å². The van der Waals surface area contributed by atoms with Crippen molar-refractivity contribution in [2.75, 3.05) is 6.54 Å². The normalized spacial score (nSPS) is 20.5. The van der Waals surface area contributed by atoms with Gasteiger partial charge in [-0.1, -0.05) is 29.8 Å². The molecule has 0 N–H and O–H groups in total. The van der Waals surface area contributed by atoms with Gasteiger partial charge in [-0.05, 0) is 39.3 Å². The van der Waals surface area contributed by atoms with Crippen molar-refractivity contribution in [1.82, 2.24) is 4.90 Å². The number of hydrogen-bond acceptors (Lipinski definition) is 2. The summed E-state index contributed by atoms with van der Waals surface area (Å²) < 4.78 is 0. The zero-order chi connectivity index (χ0) is 12.5. The van der Waals surface area contributed by atoms with Crippen LogP contribution in [-0.2, 0) is 11.3 Å². The molecule has 1 fully saturated rings. The Morgan fingerprint density at radius 2 is 1.88 bits per heavy atom. The van der Waals surface area contributed by atoms with Crippen LogP contribution in [0, 0.1) is 6.92 Å². The fourth-order valence-electron chi connectivity index (χ4n) is 2.38. The van der Waals surface area contributed by atoms with Crippen LogP contribution >= 0.6 is 0 Å². The van der Waals surface area contributed by atoms with E-state index < -0.39 is 0 Å². The predicted molar refractivity (Wildman–Crippen MR) is 69.9 cm³/mol. The lowest BCUT2D eigenvalue weighted by molar-refractivity contribution is -0.133. The first-order chi connectivity index (χ1) is 8.00. The molecule has 1 aromatic carbocycles. The van der Waals surface area contributed by atoms with Crippen molar-refractivity contribution < 1.29 is 4.79 Å². The highest BCUT2D eigenvalue weighted by Gasteiger charge is 2.36. The van der Waals surface area contributed by atoms with Gasteiger partial charge < -0.3 is 0 Å². The first kappa shape index (κ1) is 12.3. The molecule has 2 heteroatoms. The van der Waals surface area contributed by atoms with Crippen LogP contribution in [-0.4, -0.2) is 22.8 Å². The molecule has 0 unspecified atom stereocenters. The zero-order valence-corrected chi connectivity index (χ0v) is 11.0. The van der Waals surface area contributed by atoms with E-state index in [-0.39, 0.29) is 5.54 Å². The van der Waals surface area contributed by atoms with Gasteiger partial charge in [0.25, 0.3) is 0 Å². The van der Waals surface area contributed by atoms with Crippen LogP contribution in [0.1, 0.15) is 37.8 Å². The molecular weight excluding hydrogens is 210 g/mol. The summed E-state index contributed by atoms with van der Waals surface area (Å²) in [4.78, 5) is 14.2. The second-order valence-corrected chi connectivity index (χ2v) is 5.49. The summed E-state index contributed by atoms with van der Waals surface area (Å²) in [5, 5.41) is 0. The Labute approximate surface area is 104 Å². The summed E-state index contributed by atoms with van der Waals surface area (Å²) in [6, 6.07) is 8.58. The van der Waals surface area contributed by atoms with E-state index >= 15 is 0 Å². The van der Waals surface area contributed by atoms with Crippen LogP contribution in [0.5, 0.6) is 0 Å². The summed E-state index contributed by atoms with van der Waals surface area (Å²) in [7, 11) is 0. The van der Waals surface area contributed by atoms with Gasteiger partial charge in [0.2, 0.25) is 0 Å². The minimum atomic E-state index is -0.302. The van der Waals surface area contributed by atoms with E-state index in [2.05, 4.69) is 36.1 Å². The van der Waals surface area contributed by atoms with E-state index in [0.717, 1.165) is 25.9 Å². The maximum Gasteiger partial charge on any atom is 0.152 e. The van der Waals surface area contributed by atoms with Crippen molar-refractivity contribution in [2.45, 2.75) is 45.7 Å². The quantitative estimate of drug-likeness (QED) is 0.780. The number of carbonyl (C=O) groups excluding carboxylic acids is 1. The Hall–Kier alpha value is -1.15. The minimum Gasteiger partial charge on any atom is -0.298 e. The smallest absolute Gasteiger partial charge is 0.152 e. The van der Waals surface area contributed by atoms with Crippen molar-refractivity contribution in [3.8, 4) is 0 Å². The largest absolute Gasteiger partial charge is 0.298 e. The lowest BCUT2D eigenvalue weighted by Crippen LogP contribution is -2.53. The first-order valence-corrected chi connectivity index (χ1v) is 6.34. The van der Waals surface area contributed by atoms with Crippen molar-refractivity contribution >= 4 is 5.78 Å². The maximum absolute atomic E-state index is 11.9. The molecule has 0 bridgehead atoms. The number of nitrogens with zero attached hydrogens (tertiary/aromatic N) is 1. The molecule has 17 heavy (non-hydrogen) atoms. The monoisotopic (exact) mass is 231 g/mol. The topological polar surface area (TPSA) is 20.3 Å². The molecule has 0 saturated carbocycles. The number of rotatable bonds is 2. The number of ketones is 1. The van der Waals surface area contributed by atoms with Crippen molar-refractivity contribution in [3.63, 3.8) is 0 Å². The average molecular weight is 231 g/mol. The molecule has 0 radical (unpaired) electrons. The standard InChI is InChI=1S/C15H21NO/c1-12-6-8-13(9-7-12)11-16-10-4-5-14(17)15(16,2)3/h6-9H,4-5,10-11H2,1-3H3. The molecule has 0 aliphatic carbocycles. The molecule has 1 aliphatic rings. The summed E-state index contributed by atoms with van der Waals surface area (Å²) >= 11 is 0. The van der Waals surface area contributed by atoms with E-state index in [1.54, 1.807) is 0 Å². The second kappa shape index (κ2) is 4.61. The summed E-state index contributed by atoms with van der Waals surface area (Å²) in [5.74, 6) is 0.371. The Morgan fingerprint density at radius 1 is 1.24 bits per heavy atom. The molecule has 1 aromatic rings. The molecular formula is C15H21NO. The van der Waals surface area contributed by atoms with Crippen LogP contribution in [0.25, 0.3) is 0 Å². The van der Waals surface area contributed by atoms with E-state index in [1.165, 1.54) is 11.1 Å². The number of carbonyl (C=O) groups is 1. The fourth-order valence-corrected chi connectivity index (χ4v) is 2.38. The molecule has 2 nitrogen and oxygen atoms in total. The third kappa shape index (κ3) is 2.58. The number of benzene rings is 1. The van der Waals surface area contributed by atoms with Crippen LogP contribution < -0.4 is 0 Å². The number of likely N-dealkylation sites (tertiary alicyclic amines) is 1. The molecule has 1 aliphatic heterocycles. The van der Waals surface area contributed by atoms with Gasteiger partial charge in [-0.25, -0.2) is 0 Å². The zero-order valence-electron chi connectivity index (χ0n) is 11.0. The third-order valence-corrected chi connectivity index (χ3v) is 3.80. The van der Waals surface area contributed by atoms with E-state index in [1.807, 2.05) is 13.8 Å². The molecule has 1 saturated heterocycles. The van der Waals surface area contributed by atoms with E-state index in [4.69, 9.17) is 0 Å². The van der Waals surface area contributed by atoms with Crippen molar-refractivity contribution in [3.05, 3.63) is 35.4 Å². The van der Waals surface area contributed by atoms with E-state index in [0.29, 0.717) is 5.78 Å². The second-order valence-electron chi connectivity index (χ2n) is 5.49. The van der Waals surface area contributed by atoms with Crippen LogP contribution in [0.3, 0.4) is 0 Å². The van der Waals surface area contributed by atoms with Gasteiger partial charge in [-0.3, -0.25) is 9.69 Å². The number of Topliss-reactive ketones (excluding diaryl/α,β-unsaturated/α-hetero) is 1. The minimum absolute atomic E-state index is 0.302. The SMILES string of the molecule is Cc1ccc(CN2CCCC(=O)C2(C)C)cc1. The highest BCUT2D eigenvalue weighted by Crippen LogP contribution is 2.26. The van der Waals surface area contributed by atoms with E-state index in [9.17, 15) is 4.79 Å². The van der Waals surface area contributed by atoms with Gasteiger partial charge in [0.05, 0.1) is 5.54 Å². The molecule has 0 atom stereocenters. The lowest BCUT2D eigenvalue weighted by atomic mass is 9.88. The van der Waals surface area contributed by atoms with Crippen molar-refractivity contribution in [1.29, 1.82) is 0 Å². The van der Waals surface area contributed by atoms with Gasteiger partial charge in [-0.2, -0.15) is 0 Å². The van der Waals surface area contributed by atoms with Gasteiger partial charge in [-0.15, -0.1) is 0 Å². The molecule has 2 rings (SSSR count). The van der Waals surface area contributed by atoms with Gasteiger partial charge in [0, 0.05) is 13.0 Å². The molecule has 0 aromatic heterocycles. The predicted octanol–water partition coefficient (Wildman–Crippen LogP) is 2.94.